The third kappa shape index (κ3) is 2.41. The van der Waals surface area contributed by atoms with Crippen molar-refractivity contribution in [2.75, 3.05) is 14.2 Å². The number of carbonyl (C=O) groups excluding carboxylic acids is 2. The van der Waals surface area contributed by atoms with Crippen LogP contribution in [-0.2, 0) is 19.1 Å². The summed E-state index contributed by atoms with van der Waals surface area (Å²) in [6.07, 6.45) is 1.37. The monoisotopic (exact) mass is 237 g/mol. The molecule has 0 unspecified atom stereocenters. The van der Waals surface area contributed by atoms with Crippen molar-refractivity contribution in [1.82, 2.24) is 0 Å². The highest BCUT2D eigenvalue weighted by atomic mass is 35.5. The Labute approximate surface area is 94.7 Å². The van der Waals surface area contributed by atoms with E-state index >= 15 is 0 Å². The zero-order chi connectivity index (χ0) is 10.8. The van der Waals surface area contributed by atoms with E-state index in [0.717, 1.165) is 0 Å². The van der Waals surface area contributed by atoms with Gasteiger partial charge in [0.1, 0.15) is 0 Å². The molecule has 0 aliphatic heterocycles. The smallest absolute Gasteiger partial charge is 0.323 e. The first-order valence-corrected chi connectivity index (χ1v) is 4.49. The number of esters is 2. The lowest BCUT2D eigenvalue weighted by Crippen LogP contribution is -2.40. The predicted molar refractivity (Wildman–Crippen MR) is 55.5 cm³/mol. The highest BCUT2D eigenvalue weighted by Gasteiger charge is 2.52. The summed E-state index contributed by atoms with van der Waals surface area (Å²) in [6.45, 7) is 0. The standard InChI is InChI=1S/C9H15NO4.ClH/c1-13-7(11)9(8(12)14-2)4-3-6(10)5-9;/h6H,3-5,10H2,1-2H3;1H/t6-;/m0./s1. The number of hydrogen-bond acceptors (Lipinski definition) is 5. The highest BCUT2D eigenvalue weighted by molar-refractivity contribution is 6.00. The summed E-state index contributed by atoms with van der Waals surface area (Å²) in [5.74, 6) is -1.09. The molecular formula is C9H16ClNO4. The topological polar surface area (TPSA) is 78.6 Å². The van der Waals surface area contributed by atoms with Crippen molar-refractivity contribution in [3.63, 3.8) is 0 Å². The largest absolute Gasteiger partial charge is 0.468 e. The number of nitrogens with two attached hydrogens (primary N) is 1. The molecule has 1 fully saturated rings. The maximum absolute atomic E-state index is 11.5. The van der Waals surface area contributed by atoms with E-state index in [-0.39, 0.29) is 18.4 Å². The second kappa shape index (κ2) is 5.32. The third-order valence-corrected chi connectivity index (χ3v) is 2.70. The molecule has 0 bridgehead atoms. The fourth-order valence-corrected chi connectivity index (χ4v) is 1.93. The fourth-order valence-electron chi connectivity index (χ4n) is 1.93. The second-order valence-electron chi connectivity index (χ2n) is 3.57. The van der Waals surface area contributed by atoms with Crippen LogP contribution in [-0.4, -0.2) is 32.2 Å². The molecule has 2 N–H and O–H groups in total. The molecule has 88 valence electrons. The van der Waals surface area contributed by atoms with Crippen molar-refractivity contribution in [1.29, 1.82) is 0 Å². The summed E-state index contributed by atoms with van der Waals surface area (Å²) >= 11 is 0. The van der Waals surface area contributed by atoms with Crippen LogP contribution in [0.1, 0.15) is 19.3 Å². The first kappa shape index (κ1) is 14.2. The molecule has 15 heavy (non-hydrogen) atoms. The first-order valence-electron chi connectivity index (χ1n) is 4.49. The zero-order valence-electron chi connectivity index (χ0n) is 8.82. The molecule has 6 heteroatoms. The Hall–Kier alpha value is -0.810. The van der Waals surface area contributed by atoms with Gasteiger partial charge in [0.2, 0.25) is 0 Å². The van der Waals surface area contributed by atoms with Crippen LogP contribution in [0.25, 0.3) is 0 Å². The van der Waals surface area contributed by atoms with Gasteiger partial charge in [0, 0.05) is 6.04 Å². The van der Waals surface area contributed by atoms with Gasteiger partial charge in [-0.25, -0.2) is 0 Å². The van der Waals surface area contributed by atoms with E-state index in [1.54, 1.807) is 0 Å². The molecule has 0 aromatic carbocycles. The molecule has 1 aliphatic rings. The molecule has 0 heterocycles. The van der Waals surface area contributed by atoms with Gasteiger partial charge >= 0.3 is 11.9 Å². The average molecular weight is 238 g/mol. The molecule has 1 aliphatic carbocycles. The maximum Gasteiger partial charge on any atom is 0.323 e. The summed E-state index contributed by atoms with van der Waals surface area (Å²) in [4.78, 5) is 23.0. The Morgan fingerprint density at radius 2 is 1.73 bits per heavy atom. The summed E-state index contributed by atoms with van der Waals surface area (Å²) < 4.78 is 9.23. The van der Waals surface area contributed by atoms with Gasteiger partial charge < -0.3 is 15.2 Å². The lowest BCUT2D eigenvalue weighted by molar-refractivity contribution is -0.168. The van der Waals surface area contributed by atoms with Crippen molar-refractivity contribution in [2.45, 2.75) is 25.3 Å². The molecule has 5 nitrogen and oxygen atoms in total. The van der Waals surface area contributed by atoms with Crippen molar-refractivity contribution < 1.29 is 19.1 Å². The fraction of sp³-hybridized carbons (Fsp3) is 0.778. The average Bonchev–Trinajstić information content (AvgIpc) is 2.59. The lowest BCUT2D eigenvalue weighted by atomic mass is 9.86. The van der Waals surface area contributed by atoms with Gasteiger partial charge in [-0.1, -0.05) is 0 Å². The number of methoxy groups -OCH3 is 2. The predicted octanol–water partition coefficient (Wildman–Crippen LogP) is 0.252. The number of rotatable bonds is 2. The zero-order valence-corrected chi connectivity index (χ0v) is 9.63. The van der Waals surface area contributed by atoms with Gasteiger partial charge in [0.15, 0.2) is 5.41 Å². The van der Waals surface area contributed by atoms with E-state index in [4.69, 9.17) is 5.73 Å². The summed E-state index contributed by atoms with van der Waals surface area (Å²) in [5, 5.41) is 0. The molecule has 0 saturated heterocycles. The number of ether oxygens (including phenoxy) is 2. The van der Waals surface area contributed by atoms with Crippen LogP contribution in [0.4, 0.5) is 0 Å². The van der Waals surface area contributed by atoms with Crippen molar-refractivity contribution >= 4 is 24.3 Å². The van der Waals surface area contributed by atoms with E-state index in [1.807, 2.05) is 0 Å². The summed E-state index contributed by atoms with van der Waals surface area (Å²) in [6, 6.07) is -0.131. The number of halogens is 1. The SMILES string of the molecule is COC(=O)C1(C(=O)OC)CC[C@H](N)C1.Cl. The number of hydrogen-bond donors (Lipinski definition) is 1. The van der Waals surface area contributed by atoms with Crippen LogP contribution in [0.2, 0.25) is 0 Å². The molecule has 0 radical (unpaired) electrons. The summed E-state index contributed by atoms with van der Waals surface area (Å²) in [7, 11) is 2.52. The van der Waals surface area contributed by atoms with Crippen LogP contribution in [0.3, 0.4) is 0 Å². The quantitative estimate of drug-likeness (QED) is 0.550. The maximum atomic E-state index is 11.5. The van der Waals surface area contributed by atoms with E-state index in [1.165, 1.54) is 14.2 Å². The Kier molecular flexibility index (Phi) is 5.03. The van der Waals surface area contributed by atoms with Crippen LogP contribution >= 0.6 is 12.4 Å². The van der Waals surface area contributed by atoms with Gasteiger partial charge in [0.05, 0.1) is 14.2 Å². The molecule has 1 rings (SSSR count). The normalized spacial score (nSPS) is 22.7. The first-order chi connectivity index (χ1) is 6.56. The van der Waals surface area contributed by atoms with Gasteiger partial charge in [-0.05, 0) is 19.3 Å². The Morgan fingerprint density at radius 3 is 2.00 bits per heavy atom. The second-order valence-corrected chi connectivity index (χ2v) is 3.57. The van der Waals surface area contributed by atoms with Crippen LogP contribution < -0.4 is 5.73 Å². The van der Waals surface area contributed by atoms with Gasteiger partial charge in [-0.2, -0.15) is 0 Å². The summed E-state index contributed by atoms with van der Waals surface area (Å²) in [5.41, 5.74) is 4.52. The van der Waals surface area contributed by atoms with Crippen LogP contribution in [0.5, 0.6) is 0 Å². The van der Waals surface area contributed by atoms with Crippen molar-refractivity contribution in [3.8, 4) is 0 Å². The molecule has 0 amide bonds. The van der Waals surface area contributed by atoms with E-state index in [0.29, 0.717) is 19.3 Å². The van der Waals surface area contributed by atoms with E-state index < -0.39 is 17.4 Å². The van der Waals surface area contributed by atoms with Gasteiger partial charge in [-0.3, -0.25) is 9.59 Å². The van der Waals surface area contributed by atoms with Crippen molar-refractivity contribution in [3.05, 3.63) is 0 Å². The molecule has 0 aromatic heterocycles. The van der Waals surface area contributed by atoms with Crippen molar-refractivity contribution in [2.24, 2.45) is 11.1 Å². The van der Waals surface area contributed by atoms with Crippen LogP contribution in [0, 0.1) is 5.41 Å². The Balaban J connectivity index is 0.00000196. The van der Waals surface area contributed by atoms with E-state index in [9.17, 15) is 9.59 Å². The van der Waals surface area contributed by atoms with Crippen LogP contribution in [0.15, 0.2) is 0 Å². The van der Waals surface area contributed by atoms with Gasteiger partial charge in [0.25, 0.3) is 0 Å². The highest BCUT2D eigenvalue weighted by Crippen LogP contribution is 2.39. The minimum atomic E-state index is -1.16. The molecule has 1 atom stereocenters. The van der Waals surface area contributed by atoms with Gasteiger partial charge in [-0.15, -0.1) is 12.4 Å². The molecular weight excluding hydrogens is 222 g/mol. The molecule has 0 spiro atoms. The Morgan fingerprint density at radius 1 is 1.27 bits per heavy atom. The third-order valence-electron chi connectivity index (χ3n) is 2.70. The minimum absolute atomic E-state index is 0. The van der Waals surface area contributed by atoms with E-state index in [2.05, 4.69) is 9.47 Å². The molecule has 1 saturated carbocycles. The molecule has 0 aromatic rings. The minimum Gasteiger partial charge on any atom is -0.468 e. The lowest BCUT2D eigenvalue weighted by Gasteiger charge is -2.22. The number of carbonyl (C=O) groups is 2. The Bertz CT molecular complexity index is 240.